The number of carbonyl (C=O) groups is 2. The fourth-order valence-corrected chi connectivity index (χ4v) is 12.9. The van der Waals surface area contributed by atoms with Gasteiger partial charge in [0.05, 0.1) is 55.6 Å². The number of aromatic nitrogens is 9. The fourth-order valence-electron chi connectivity index (χ4n) is 12.9. The number of carbonyl (C=O) groups excluding carboxylic acids is 2. The number of β-amino-alcohol motifs (C(OH)–C–C–N with tert-alkyl or cyclic N) is 1. The van der Waals surface area contributed by atoms with E-state index in [2.05, 4.69) is 47.2 Å². The van der Waals surface area contributed by atoms with Crippen LogP contribution in [0.4, 0.5) is 10.2 Å². The minimum Gasteiger partial charge on any atom is -0.486 e. The number of aliphatic hydroxyl groups excluding tert-OH is 2. The SMILES string of the molecule is CCn1nccc1-c1ccc([C@@H](CO)NC(=O)[C@@H]2C[C@@H](O)CN2C(=O)[C@H](C(C)C)n2cc(-c3ccc(COc4c(-c5c(C)c(F)cc6[nH]ncc56)c(C5CC5)cc5c(N6CC7CCC(C6)N7)nc(OC6CCOCC6)nc45)cc3)nn2)cc1. The number of aliphatic hydroxyl groups is 2. The number of amides is 2. The number of hydrogen-bond acceptors (Lipinski definition) is 15. The van der Waals surface area contributed by atoms with Gasteiger partial charge in [0.15, 0.2) is 5.75 Å². The van der Waals surface area contributed by atoms with E-state index in [1.54, 1.807) is 18.6 Å². The molecule has 20 nitrogen and oxygen atoms in total. The number of nitrogens with zero attached hydrogens (tertiary/aromatic N) is 10. The average molecular weight is 1130 g/mol. The number of anilines is 1. The van der Waals surface area contributed by atoms with Gasteiger partial charge in [-0.05, 0) is 97.4 Å². The van der Waals surface area contributed by atoms with E-state index < -0.39 is 30.1 Å². The molecule has 2 amide bonds. The van der Waals surface area contributed by atoms with E-state index in [0.29, 0.717) is 71.0 Å². The Bertz CT molecular complexity index is 3680. The van der Waals surface area contributed by atoms with E-state index in [1.165, 1.54) is 15.6 Å². The van der Waals surface area contributed by atoms with Gasteiger partial charge in [-0.25, -0.2) is 9.07 Å². The van der Waals surface area contributed by atoms with Gasteiger partial charge < -0.3 is 44.9 Å². The van der Waals surface area contributed by atoms with Gasteiger partial charge in [-0.1, -0.05) is 67.6 Å². The van der Waals surface area contributed by atoms with Gasteiger partial charge in [0.1, 0.15) is 47.6 Å². The number of piperazine rings is 1. The van der Waals surface area contributed by atoms with Crippen LogP contribution in [0.2, 0.25) is 0 Å². The molecular formula is C62H70FN13O7. The van der Waals surface area contributed by atoms with Crippen LogP contribution in [0.15, 0.2) is 85.3 Å². The maximum absolute atomic E-state index is 16.2. The van der Waals surface area contributed by atoms with Gasteiger partial charge in [0.25, 0.3) is 0 Å². The first-order chi connectivity index (χ1) is 40.4. The molecule has 4 aromatic heterocycles. The van der Waals surface area contributed by atoms with Gasteiger partial charge >= 0.3 is 6.01 Å². The average Bonchev–Trinajstić information content (AvgIpc) is 3.06. The second kappa shape index (κ2) is 22.7. The molecule has 83 heavy (non-hydrogen) atoms. The molecule has 4 aromatic carbocycles. The summed E-state index contributed by atoms with van der Waals surface area (Å²) in [6.45, 7) is 10.9. The predicted molar refractivity (Wildman–Crippen MR) is 309 cm³/mol. The number of aryl methyl sites for hydroxylation is 1. The molecule has 2 bridgehead atoms. The fraction of sp³-hybridized carbons (Fsp3) is 0.452. The third-order valence-corrected chi connectivity index (χ3v) is 17.4. The molecule has 2 unspecified atom stereocenters. The molecule has 4 aliphatic heterocycles. The van der Waals surface area contributed by atoms with Gasteiger partial charge in [-0.3, -0.25) is 19.4 Å². The second-order valence-electron chi connectivity index (χ2n) is 23.4. The van der Waals surface area contributed by atoms with Crippen molar-refractivity contribution in [3.63, 3.8) is 0 Å². The number of H-pyrrole nitrogens is 1. The Hall–Kier alpha value is -7.85. The molecule has 6 atom stereocenters. The van der Waals surface area contributed by atoms with Crippen molar-refractivity contribution in [3.8, 4) is 45.4 Å². The Morgan fingerprint density at radius 2 is 1.67 bits per heavy atom. The zero-order chi connectivity index (χ0) is 57.0. The van der Waals surface area contributed by atoms with Crippen LogP contribution >= 0.6 is 0 Å². The highest BCUT2D eigenvalue weighted by atomic mass is 19.1. The van der Waals surface area contributed by atoms with Crippen LogP contribution < -0.4 is 25.0 Å². The van der Waals surface area contributed by atoms with Crippen molar-refractivity contribution in [1.29, 1.82) is 0 Å². The van der Waals surface area contributed by atoms with Gasteiger partial charge in [-0.2, -0.15) is 20.2 Å². The Labute approximate surface area is 479 Å². The Morgan fingerprint density at radius 3 is 2.40 bits per heavy atom. The lowest BCUT2D eigenvalue weighted by Crippen LogP contribution is -2.51. The largest absolute Gasteiger partial charge is 0.486 e. The number of rotatable bonds is 18. The van der Waals surface area contributed by atoms with Crippen LogP contribution in [-0.2, 0) is 27.5 Å². The molecule has 21 heteroatoms. The van der Waals surface area contributed by atoms with Crippen molar-refractivity contribution in [2.45, 2.75) is 134 Å². The molecule has 1 aliphatic carbocycles. The lowest BCUT2D eigenvalue weighted by Gasteiger charge is -2.35. The monoisotopic (exact) mass is 1130 g/mol. The molecule has 0 radical (unpaired) electrons. The lowest BCUT2D eigenvalue weighted by molar-refractivity contribution is -0.142. The van der Waals surface area contributed by atoms with Crippen LogP contribution in [0, 0.1) is 18.7 Å². The molecule has 5 fully saturated rings. The Morgan fingerprint density at radius 1 is 0.916 bits per heavy atom. The molecule has 432 valence electrons. The van der Waals surface area contributed by atoms with Crippen molar-refractivity contribution in [3.05, 3.63) is 113 Å². The number of fused-ring (bicyclic) bond motifs is 4. The molecule has 13 rings (SSSR count). The summed E-state index contributed by atoms with van der Waals surface area (Å²) in [6.07, 6.45) is 9.83. The van der Waals surface area contributed by atoms with Gasteiger partial charge in [0, 0.05) is 91.2 Å². The van der Waals surface area contributed by atoms with Crippen LogP contribution in [-0.4, -0.2) is 142 Å². The smallest absolute Gasteiger partial charge is 0.319 e. The summed E-state index contributed by atoms with van der Waals surface area (Å²) in [5.41, 5.74) is 8.94. The first-order valence-electron chi connectivity index (χ1n) is 29.3. The highest BCUT2D eigenvalue weighted by molar-refractivity contribution is 6.06. The Balaban J connectivity index is 0.783. The van der Waals surface area contributed by atoms with E-state index >= 15 is 4.39 Å². The molecular weight excluding hydrogens is 1060 g/mol. The first-order valence-corrected chi connectivity index (χ1v) is 29.3. The number of aromatic amines is 1. The summed E-state index contributed by atoms with van der Waals surface area (Å²) in [5, 5.41) is 50.6. The van der Waals surface area contributed by atoms with Gasteiger partial charge in [0.2, 0.25) is 11.8 Å². The summed E-state index contributed by atoms with van der Waals surface area (Å²) >= 11 is 0. The van der Waals surface area contributed by atoms with E-state index in [9.17, 15) is 19.8 Å². The predicted octanol–water partition coefficient (Wildman–Crippen LogP) is 7.73. The van der Waals surface area contributed by atoms with Crippen LogP contribution in [0.1, 0.15) is 106 Å². The van der Waals surface area contributed by atoms with E-state index in [-0.39, 0.29) is 61.9 Å². The zero-order valence-corrected chi connectivity index (χ0v) is 47.2. The number of ether oxygens (including phenoxy) is 3. The minimum absolute atomic E-state index is 0.0388. The van der Waals surface area contributed by atoms with Crippen LogP contribution in [0.5, 0.6) is 11.8 Å². The Kier molecular flexibility index (Phi) is 14.9. The van der Waals surface area contributed by atoms with Gasteiger partial charge in [-0.15, -0.1) is 5.10 Å². The molecule has 1 saturated carbocycles. The van der Waals surface area contributed by atoms with E-state index in [4.69, 9.17) is 24.2 Å². The third-order valence-electron chi connectivity index (χ3n) is 17.4. The summed E-state index contributed by atoms with van der Waals surface area (Å²) in [7, 11) is 0. The van der Waals surface area contributed by atoms with Crippen molar-refractivity contribution in [1.82, 2.24) is 60.5 Å². The number of nitrogens with one attached hydrogen (secondary N) is 3. The third kappa shape index (κ3) is 10.7. The summed E-state index contributed by atoms with van der Waals surface area (Å²) in [4.78, 5) is 43.0. The van der Waals surface area contributed by atoms with Crippen LogP contribution in [0.25, 0.3) is 55.4 Å². The standard InChI is InChI=1S/C62H70FN13O7/c1-5-75-52(18-21-65-75)40-14-12-39(13-15-40)51(32-77)67-60(79)53-24-43(78)30-74(53)61(80)57(34(2)3)76-31-50(71-72-76)38-8-6-36(7-9-38)33-82-58-55(54-35(4)48(63)26-49-47(54)27-64-70-49)45(37-10-11-37)25-46-56(58)68-62(83-44-19-22-81-23-20-44)69-59(46)73-28-41-16-17-42(29-73)66-41/h6-9,12-15,18,21,25-27,31,34,37,41-44,51,53,57,66,77-78H,5,10-11,16-17,19-20,22-24,28-30,32-33H2,1-4H3,(H,64,70)(H,67,79)/t41?,42?,43-,51-,53+,57+/m1/s1. The van der Waals surface area contributed by atoms with Crippen molar-refractivity contribution in [2.75, 3.05) is 44.4 Å². The summed E-state index contributed by atoms with van der Waals surface area (Å²) in [6, 6.07) is 19.4. The van der Waals surface area contributed by atoms with Crippen molar-refractivity contribution < 1.29 is 38.4 Å². The zero-order valence-electron chi connectivity index (χ0n) is 47.2. The lowest BCUT2D eigenvalue weighted by atomic mass is 9.88. The first kappa shape index (κ1) is 54.4. The van der Waals surface area contributed by atoms with Crippen molar-refractivity contribution in [2.24, 2.45) is 5.92 Å². The van der Waals surface area contributed by atoms with E-state index in [1.807, 2.05) is 87.0 Å². The number of benzene rings is 4. The maximum Gasteiger partial charge on any atom is 0.319 e. The quantitative estimate of drug-likeness (QED) is 0.0553. The number of hydrogen-bond donors (Lipinski definition) is 5. The number of halogens is 1. The summed E-state index contributed by atoms with van der Waals surface area (Å²) in [5.74, 6) is 0.0704. The molecule has 8 aromatic rings. The number of likely N-dealkylation sites (tertiary alicyclic amines) is 1. The highest BCUT2D eigenvalue weighted by Gasteiger charge is 2.44. The molecule has 5 N–H and O–H groups in total. The highest BCUT2D eigenvalue weighted by Crippen LogP contribution is 2.53. The molecule has 5 aliphatic rings. The normalized spacial score (nSPS) is 20.9. The molecule has 4 saturated heterocycles. The maximum atomic E-state index is 16.2. The minimum atomic E-state index is -0.984. The summed E-state index contributed by atoms with van der Waals surface area (Å²) < 4.78 is 39.1. The molecule has 8 heterocycles. The molecule has 0 spiro atoms. The van der Waals surface area contributed by atoms with E-state index in [0.717, 1.165) is 102 Å². The van der Waals surface area contributed by atoms with Crippen LogP contribution in [0.3, 0.4) is 0 Å². The second-order valence-corrected chi connectivity index (χ2v) is 23.4. The van der Waals surface area contributed by atoms with Crippen molar-refractivity contribution >= 4 is 39.4 Å². The topological polar surface area (TPSA) is 236 Å².